The van der Waals surface area contributed by atoms with Crippen LogP contribution in [-0.4, -0.2) is 171 Å². The van der Waals surface area contributed by atoms with Gasteiger partial charge in [0.25, 0.3) is 0 Å². The number of ether oxygens (including phenoxy) is 6. The average molecular weight is 2220 g/mol. The lowest BCUT2D eigenvalue weighted by molar-refractivity contribution is 0.100. The molecule has 792 valence electrons. The molecule has 0 atom stereocenters. The summed E-state index contributed by atoms with van der Waals surface area (Å²) in [6, 6.07) is 51.3. The van der Waals surface area contributed by atoms with Gasteiger partial charge in [-0.2, -0.15) is 4.68 Å². The van der Waals surface area contributed by atoms with Crippen molar-refractivity contribution in [2.45, 2.75) is 229 Å². The number of nitrogen functional groups attached to an aromatic ring is 1. The standard InChI is InChI=1S/2C22H24ClN3O4S.C21H21ClN4O3S.C21H24ClN3O3S.C20H24N4O4S/c2*1-13-21(31(28,29)16-9-7-15(8-10-16)22(3,4)5)24-25-26(13)19-12-18(23)17(14(2)27)11-20(19)30-6;1-13-20(30(27,28)15-9-7-14(8-10-15)21(2,3)4)24-25-26(13)18-11-16(22)17(23-5)12-19(18)29-6;1-13-11-19(28-6)18(12-17(13)22)25-14(2)20(23-24-25)29(26,27)16-9-7-15(8-10-16)21(3,4)5;1-20(2,3)13-6-9-15(10-7-13)29(25,26)19-18(21)24(23-22-19)16-12-14(27-4)8-11-17(16)28-5/h2*7-12H,1-6H3;7-12H,1-4,6H3;7-12H,1-6H3;6-12H,21H2,1-5H3. The van der Waals surface area contributed by atoms with E-state index in [1.807, 2.05) is 19.1 Å². The van der Waals surface area contributed by atoms with Crippen LogP contribution < -0.4 is 34.2 Å². The van der Waals surface area contributed by atoms with Crippen LogP contribution in [0.15, 0.2) is 238 Å². The van der Waals surface area contributed by atoms with Gasteiger partial charge in [-0.25, -0.2) is 65.7 Å². The molecule has 0 bridgehead atoms. The van der Waals surface area contributed by atoms with E-state index in [-0.39, 0.29) is 115 Å². The molecule has 0 aliphatic carbocycles. The van der Waals surface area contributed by atoms with Gasteiger partial charge in [0, 0.05) is 27.2 Å². The second kappa shape index (κ2) is 45.2. The summed E-state index contributed by atoms with van der Waals surface area (Å²) in [5.74, 6) is 1.94. The summed E-state index contributed by atoms with van der Waals surface area (Å²) in [7, 11) is -10.6. The molecule has 0 spiro atoms. The fourth-order valence-corrected chi connectivity index (χ4v) is 22.7. The third kappa shape index (κ3) is 24.8. The lowest BCUT2D eigenvalue weighted by atomic mass is 9.87. The van der Waals surface area contributed by atoms with E-state index in [1.54, 1.807) is 167 Å². The van der Waals surface area contributed by atoms with Crippen molar-refractivity contribution in [2.24, 2.45) is 0 Å². The van der Waals surface area contributed by atoms with Crippen LogP contribution in [0, 0.1) is 41.2 Å². The second-order valence-electron chi connectivity index (χ2n) is 39.7. The Morgan fingerprint density at radius 3 is 0.787 bits per heavy atom. The molecule has 15 aromatic rings. The summed E-state index contributed by atoms with van der Waals surface area (Å²) in [6.45, 7) is 49.2. The number of nitrogens with two attached hydrogens (primary N) is 1. The van der Waals surface area contributed by atoms with Crippen molar-refractivity contribution >= 4 is 119 Å². The van der Waals surface area contributed by atoms with E-state index >= 15 is 0 Å². The van der Waals surface area contributed by atoms with Crippen molar-refractivity contribution in [1.29, 1.82) is 0 Å². The fraction of sp³-hybridized carbons (Fsp3) is 0.311. The number of aryl methyl sites for hydroxylation is 1. The Morgan fingerprint density at radius 2 is 0.533 bits per heavy atom. The number of halogens is 4. The highest BCUT2D eigenvalue weighted by atomic mass is 35.5. The second-order valence-corrected chi connectivity index (χ2v) is 50.6. The number of nitrogens with zero attached hydrogens (tertiary/aromatic N) is 16. The molecule has 44 heteroatoms. The normalized spacial score (nSPS) is 12.1. The summed E-state index contributed by atoms with van der Waals surface area (Å²) >= 11 is 24.9. The molecule has 15 rings (SSSR count). The first kappa shape index (κ1) is 117. The van der Waals surface area contributed by atoms with E-state index < -0.39 is 49.2 Å². The monoisotopic (exact) mass is 2220 g/mol. The smallest absolute Gasteiger partial charge is 0.229 e. The van der Waals surface area contributed by atoms with Crippen LogP contribution in [-0.2, 0) is 76.3 Å². The van der Waals surface area contributed by atoms with E-state index in [4.69, 9.17) is 87.1 Å². The molecule has 5 heterocycles. The molecule has 0 saturated carbocycles. The van der Waals surface area contributed by atoms with E-state index in [0.717, 1.165) is 33.4 Å². The number of hydrogen-bond acceptors (Lipinski definition) is 29. The van der Waals surface area contributed by atoms with Crippen molar-refractivity contribution in [2.75, 3.05) is 48.4 Å². The van der Waals surface area contributed by atoms with Crippen LogP contribution in [0.25, 0.3) is 33.3 Å². The summed E-state index contributed by atoms with van der Waals surface area (Å²) < 4.78 is 170. The predicted octanol–water partition coefficient (Wildman–Crippen LogP) is 21.7. The first-order valence-corrected chi connectivity index (χ1v) is 55.0. The summed E-state index contributed by atoms with van der Waals surface area (Å²) in [4.78, 5) is 27.6. The number of benzene rings is 10. The van der Waals surface area contributed by atoms with Crippen LogP contribution >= 0.6 is 46.4 Å². The van der Waals surface area contributed by atoms with Gasteiger partial charge in [-0.05, 0) is 230 Å². The molecule has 0 amide bonds. The fourth-order valence-electron chi connectivity index (χ4n) is 15.2. The van der Waals surface area contributed by atoms with Crippen LogP contribution in [0.5, 0.6) is 34.5 Å². The molecular weight excluding hydrogens is 2100 g/mol. The first-order chi connectivity index (χ1) is 69.8. The third-order valence-electron chi connectivity index (χ3n) is 24.2. The van der Waals surface area contributed by atoms with E-state index in [0.29, 0.717) is 102 Å². The van der Waals surface area contributed by atoms with Crippen molar-refractivity contribution in [3.8, 4) is 62.9 Å². The zero-order valence-electron chi connectivity index (χ0n) is 88.0. The van der Waals surface area contributed by atoms with Gasteiger partial charge >= 0.3 is 0 Å². The zero-order valence-corrected chi connectivity index (χ0v) is 95.1. The highest BCUT2D eigenvalue weighted by Crippen LogP contribution is 2.43. The minimum Gasteiger partial charge on any atom is -0.497 e. The number of sulfone groups is 5. The number of carbonyl (C=O) groups excluding carboxylic acids is 2. The maximum Gasteiger partial charge on any atom is 0.229 e. The van der Waals surface area contributed by atoms with Gasteiger partial charge in [-0.1, -0.05) is 237 Å². The molecule has 5 aromatic heterocycles. The van der Waals surface area contributed by atoms with Crippen LogP contribution in [0.3, 0.4) is 0 Å². The van der Waals surface area contributed by atoms with E-state index in [2.05, 4.69) is 160 Å². The molecule has 150 heavy (non-hydrogen) atoms. The van der Waals surface area contributed by atoms with Crippen LogP contribution in [0.1, 0.15) is 195 Å². The number of aromatic nitrogens is 15. The summed E-state index contributed by atoms with van der Waals surface area (Å²) in [6.07, 6.45) is 0. The minimum absolute atomic E-state index is 0.0669. The highest BCUT2D eigenvalue weighted by molar-refractivity contribution is 7.92. The molecule has 0 radical (unpaired) electrons. The Bertz CT molecular complexity index is 8110. The SMILES string of the molecule is COc1cc(C(C)=O)c(Cl)cc1-n1nnc(S(=O)(=O)c2ccc(C(C)(C)C)cc2)c1C.COc1cc(C(C)=O)c(Cl)cc1-n1nnc(S(=O)(=O)c2ccc(C(C)(C)C)cc2)c1C.COc1cc(C)c(Cl)cc1-n1nnc(S(=O)(=O)c2ccc(C(C)(C)C)cc2)c1C.COc1ccc(OC)c(-n2nnc(S(=O)(=O)c3ccc(C(C)(C)C)cc3)c2N)c1.[C-]#[N+]c1cc(OC)c(-n2nnc(S(=O)(=O)c3ccc(C(C)(C)C)cc3)c2C)cc1Cl. The van der Waals surface area contributed by atoms with E-state index in [1.165, 1.54) is 116 Å². The van der Waals surface area contributed by atoms with Gasteiger partial charge in [0.05, 0.1) is 107 Å². The first-order valence-electron chi connectivity index (χ1n) is 46.1. The predicted molar refractivity (Wildman–Crippen MR) is 573 cm³/mol. The van der Waals surface area contributed by atoms with Crippen LogP contribution in [0.2, 0.25) is 20.1 Å². The molecule has 0 saturated heterocycles. The number of Topliss-reactive ketones (excluding diaryl/α,β-unsaturated/α-hetero) is 2. The Labute approximate surface area is 894 Å². The lowest BCUT2D eigenvalue weighted by Gasteiger charge is -2.19. The number of methoxy groups -OCH3 is 6. The molecule has 10 aromatic carbocycles. The summed E-state index contributed by atoms with van der Waals surface area (Å²) in [5, 5.41) is 39.9. The van der Waals surface area contributed by atoms with Gasteiger partial charge < -0.3 is 34.2 Å². The van der Waals surface area contributed by atoms with Crippen molar-refractivity contribution in [1.82, 2.24) is 75.0 Å². The molecule has 0 aliphatic heterocycles. The lowest BCUT2D eigenvalue weighted by Crippen LogP contribution is -2.12. The largest absolute Gasteiger partial charge is 0.497 e. The molecule has 0 unspecified atom stereocenters. The maximum absolute atomic E-state index is 13.2. The number of anilines is 1. The van der Waals surface area contributed by atoms with Gasteiger partial charge in [-0.3, -0.25) is 9.59 Å². The van der Waals surface area contributed by atoms with Gasteiger partial charge in [0.2, 0.25) is 80.0 Å². The van der Waals surface area contributed by atoms with Gasteiger partial charge in [-0.15, -0.1) is 25.5 Å². The topological polar surface area (TPSA) is 444 Å². The number of carbonyl (C=O) groups is 2. The Kier molecular flexibility index (Phi) is 35.1. The third-order valence-corrected chi connectivity index (χ3v) is 34.3. The van der Waals surface area contributed by atoms with Gasteiger partial charge in [0.15, 0.2) is 17.4 Å². The molecule has 0 fully saturated rings. The van der Waals surface area contributed by atoms with Crippen molar-refractivity contribution < 1.29 is 80.1 Å². The zero-order chi connectivity index (χ0) is 111. The molecule has 35 nitrogen and oxygen atoms in total. The Morgan fingerprint density at radius 1 is 0.300 bits per heavy atom. The number of rotatable bonds is 23. The van der Waals surface area contributed by atoms with Gasteiger partial charge in [0.1, 0.15) is 62.9 Å². The number of hydrogen-bond donors (Lipinski definition) is 1. The van der Waals surface area contributed by atoms with Crippen molar-refractivity contribution in [3.63, 3.8) is 0 Å². The molecule has 0 aliphatic rings. The molecule has 2 N–H and O–H groups in total. The Hall–Kier alpha value is -13.8. The van der Waals surface area contributed by atoms with Crippen molar-refractivity contribution in [3.05, 3.63) is 287 Å². The minimum atomic E-state index is -3.95. The number of ketones is 2. The average Bonchev–Trinajstić information content (AvgIpc) is 1.61. The quantitative estimate of drug-likeness (QED) is 0.0459. The van der Waals surface area contributed by atoms with Crippen LogP contribution in [0.4, 0.5) is 11.5 Å². The van der Waals surface area contributed by atoms with E-state index in [9.17, 15) is 51.7 Å². The Balaban J connectivity index is 0.000000178. The maximum atomic E-state index is 13.2. The highest BCUT2D eigenvalue weighted by Gasteiger charge is 2.36. The molecular formula is C106H117Cl4N17O18S5. The summed E-state index contributed by atoms with van der Waals surface area (Å²) in [5.41, 5.74) is 15.9.